The molecule has 1 aliphatic carbocycles. The van der Waals surface area contributed by atoms with Gasteiger partial charge < -0.3 is 10.5 Å². The van der Waals surface area contributed by atoms with Crippen molar-refractivity contribution >= 4 is 0 Å². The van der Waals surface area contributed by atoms with Gasteiger partial charge in [-0.25, -0.2) is 0 Å². The molecule has 0 radical (unpaired) electrons. The van der Waals surface area contributed by atoms with Crippen molar-refractivity contribution in [2.24, 2.45) is 11.7 Å². The number of nitrogens with two attached hydrogens (primary N) is 1. The lowest BCUT2D eigenvalue weighted by atomic mass is 9.87. The molecule has 2 unspecified atom stereocenters. The van der Waals surface area contributed by atoms with Crippen molar-refractivity contribution < 1.29 is 4.74 Å². The van der Waals surface area contributed by atoms with Gasteiger partial charge in [0.2, 0.25) is 0 Å². The van der Waals surface area contributed by atoms with E-state index in [0.717, 1.165) is 25.4 Å². The highest BCUT2D eigenvalue weighted by Crippen LogP contribution is 2.43. The van der Waals surface area contributed by atoms with Gasteiger partial charge in [-0.05, 0) is 31.6 Å². The Morgan fingerprint density at radius 2 is 2.27 bits per heavy atom. The van der Waals surface area contributed by atoms with Crippen molar-refractivity contribution in [3.05, 3.63) is 0 Å². The molecule has 0 aromatic rings. The quantitative estimate of drug-likeness (QED) is 0.652. The lowest BCUT2D eigenvalue weighted by molar-refractivity contribution is 0.0616. The summed E-state index contributed by atoms with van der Waals surface area (Å²) in [7, 11) is 0. The Hall–Kier alpha value is -0.0800. The van der Waals surface area contributed by atoms with Crippen molar-refractivity contribution in [1.29, 1.82) is 0 Å². The first kappa shape index (κ1) is 7.56. The molecule has 0 bridgehead atoms. The van der Waals surface area contributed by atoms with E-state index in [-0.39, 0.29) is 5.54 Å². The topological polar surface area (TPSA) is 35.2 Å². The molecule has 0 aromatic heterocycles. The molecule has 2 atom stereocenters. The van der Waals surface area contributed by atoms with Crippen molar-refractivity contribution in [3.8, 4) is 0 Å². The van der Waals surface area contributed by atoms with Gasteiger partial charge in [-0.15, -0.1) is 0 Å². The average Bonchev–Trinajstić information content (AvgIpc) is 2.77. The van der Waals surface area contributed by atoms with Crippen molar-refractivity contribution in [2.45, 2.75) is 44.2 Å². The van der Waals surface area contributed by atoms with Gasteiger partial charge >= 0.3 is 0 Å². The molecule has 2 fully saturated rings. The lowest BCUT2D eigenvalue weighted by Gasteiger charge is -2.28. The van der Waals surface area contributed by atoms with Gasteiger partial charge in [-0.3, -0.25) is 0 Å². The molecule has 11 heavy (non-hydrogen) atoms. The number of ether oxygens (including phenoxy) is 1. The van der Waals surface area contributed by atoms with E-state index >= 15 is 0 Å². The van der Waals surface area contributed by atoms with E-state index < -0.39 is 0 Å². The first-order valence-electron chi connectivity index (χ1n) is 4.67. The monoisotopic (exact) mass is 155 g/mol. The van der Waals surface area contributed by atoms with Gasteiger partial charge in [-0.1, -0.05) is 6.92 Å². The molecule has 2 heteroatoms. The Bertz CT molecular complexity index is 156. The Morgan fingerprint density at radius 3 is 2.82 bits per heavy atom. The largest absolute Gasteiger partial charge is 0.376 e. The highest BCUT2D eigenvalue weighted by Gasteiger charge is 2.47. The van der Waals surface area contributed by atoms with Gasteiger partial charge in [0, 0.05) is 12.1 Å². The van der Waals surface area contributed by atoms with Crippen LogP contribution in [0.5, 0.6) is 0 Å². The highest BCUT2D eigenvalue weighted by atomic mass is 16.5. The van der Waals surface area contributed by atoms with Crippen molar-refractivity contribution in [2.75, 3.05) is 6.61 Å². The number of hydrogen-bond donors (Lipinski definition) is 1. The van der Waals surface area contributed by atoms with Crippen LogP contribution in [0.4, 0.5) is 0 Å². The second-order valence-corrected chi connectivity index (χ2v) is 3.97. The molecule has 1 saturated carbocycles. The summed E-state index contributed by atoms with van der Waals surface area (Å²) in [4.78, 5) is 0. The molecule has 0 aromatic carbocycles. The first-order chi connectivity index (χ1) is 5.26. The fourth-order valence-corrected chi connectivity index (χ4v) is 2.07. The van der Waals surface area contributed by atoms with Crippen LogP contribution in [-0.4, -0.2) is 18.2 Å². The molecule has 2 aliphatic rings. The maximum absolute atomic E-state index is 6.22. The molecular weight excluding hydrogens is 138 g/mol. The standard InChI is InChI=1S/C9H17NO/c1-2-9(10)5-6-11-8(9)7-3-4-7/h7-8H,2-6,10H2,1H3. The minimum Gasteiger partial charge on any atom is -0.376 e. The van der Waals surface area contributed by atoms with Gasteiger partial charge in [0.25, 0.3) is 0 Å². The summed E-state index contributed by atoms with van der Waals surface area (Å²) in [6.07, 6.45) is 5.18. The highest BCUT2D eigenvalue weighted by molar-refractivity contribution is 5.02. The van der Waals surface area contributed by atoms with Crippen molar-refractivity contribution in [3.63, 3.8) is 0 Å². The van der Waals surface area contributed by atoms with Gasteiger partial charge in [-0.2, -0.15) is 0 Å². The summed E-state index contributed by atoms with van der Waals surface area (Å²) in [5, 5.41) is 0. The fourth-order valence-electron chi connectivity index (χ4n) is 2.07. The normalized spacial score (nSPS) is 44.7. The van der Waals surface area contributed by atoms with E-state index in [4.69, 9.17) is 10.5 Å². The summed E-state index contributed by atoms with van der Waals surface area (Å²) < 4.78 is 5.66. The summed E-state index contributed by atoms with van der Waals surface area (Å²) in [6.45, 7) is 3.05. The predicted molar refractivity (Wildman–Crippen MR) is 44.3 cm³/mol. The maximum Gasteiger partial charge on any atom is 0.0783 e. The van der Waals surface area contributed by atoms with Gasteiger partial charge in [0.15, 0.2) is 0 Å². The molecular formula is C9H17NO. The zero-order valence-corrected chi connectivity index (χ0v) is 7.18. The Morgan fingerprint density at radius 1 is 1.55 bits per heavy atom. The van der Waals surface area contributed by atoms with E-state index in [1.54, 1.807) is 0 Å². The van der Waals surface area contributed by atoms with Gasteiger partial charge in [0.1, 0.15) is 0 Å². The molecule has 2 N–H and O–H groups in total. The molecule has 2 rings (SSSR count). The molecule has 2 nitrogen and oxygen atoms in total. The van der Waals surface area contributed by atoms with Crippen LogP contribution in [-0.2, 0) is 4.74 Å². The van der Waals surface area contributed by atoms with Crippen molar-refractivity contribution in [1.82, 2.24) is 0 Å². The van der Waals surface area contributed by atoms with E-state index in [0.29, 0.717) is 6.10 Å². The summed E-state index contributed by atoms with van der Waals surface area (Å²) >= 11 is 0. The summed E-state index contributed by atoms with van der Waals surface area (Å²) in [5.41, 5.74) is 6.23. The molecule has 1 aliphatic heterocycles. The smallest absolute Gasteiger partial charge is 0.0783 e. The zero-order chi connectivity index (χ0) is 7.90. The predicted octanol–water partition coefficient (Wildman–Crippen LogP) is 1.29. The summed E-state index contributed by atoms with van der Waals surface area (Å²) in [5.74, 6) is 0.794. The van der Waals surface area contributed by atoms with Gasteiger partial charge in [0.05, 0.1) is 6.10 Å². The number of rotatable bonds is 2. The van der Waals surface area contributed by atoms with E-state index in [2.05, 4.69) is 6.92 Å². The van der Waals surface area contributed by atoms with Crippen LogP contribution < -0.4 is 5.73 Å². The molecule has 1 heterocycles. The van der Waals surface area contributed by atoms with E-state index in [9.17, 15) is 0 Å². The number of hydrogen-bond acceptors (Lipinski definition) is 2. The molecule has 0 spiro atoms. The SMILES string of the molecule is CCC1(N)CCOC1C1CC1. The van der Waals surface area contributed by atoms with Crippen LogP contribution in [0.2, 0.25) is 0 Å². The third kappa shape index (κ3) is 1.18. The third-order valence-electron chi connectivity index (χ3n) is 3.14. The van der Waals surface area contributed by atoms with Crippen LogP contribution in [0.1, 0.15) is 32.6 Å². The fraction of sp³-hybridized carbons (Fsp3) is 1.00. The van der Waals surface area contributed by atoms with Crippen LogP contribution in [0.25, 0.3) is 0 Å². The average molecular weight is 155 g/mol. The van der Waals surface area contributed by atoms with E-state index in [1.165, 1.54) is 12.8 Å². The second-order valence-electron chi connectivity index (χ2n) is 3.97. The Balaban J connectivity index is 2.05. The Labute approximate surface area is 68.1 Å². The third-order valence-corrected chi connectivity index (χ3v) is 3.14. The lowest BCUT2D eigenvalue weighted by Crippen LogP contribution is -2.47. The van der Waals surface area contributed by atoms with Crippen LogP contribution in [0.3, 0.4) is 0 Å². The second kappa shape index (κ2) is 2.46. The minimum absolute atomic E-state index is 0.0150. The van der Waals surface area contributed by atoms with Crippen LogP contribution in [0.15, 0.2) is 0 Å². The summed E-state index contributed by atoms with van der Waals surface area (Å²) in [6, 6.07) is 0. The molecule has 0 amide bonds. The zero-order valence-electron chi connectivity index (χ0n) is 7.18. The minimum atomic E-state index is 0.0150. The molecule has 1 saturated heterocycles. The van der Waals surface area contributed by atoms with E-state index in [1.807, 2.05) is 0 Å². The Kier molecular flexibility index (Phi) is 1.69. The first-order valence-corrected chi connectivity index (χ1v) is 4.67. The maximum atomic E-state index is 6.22. The molecule has 64 valence electrons. The van der Waals surface area contributed by atoms with Crippen LogP contribution >= 0.6 is 0 Å². The van der Waals surface area contributed by atoms with Crippen LogP contribution in [0, 0.1) is 5.92 Å².